The summed E-state index contributed by atoms with van der Waals surface area (Å²) in [4.78, 5) is 18.7. The number of aromatic nitrogens is 2. The van der Waals surface area contributed by atoms with Gasteiger partial charge in [-0.15, -0.1) is 0 Å². The van der Waals surface area contributed by atoms with E-state index >= 15 is 0 Å². The summed E-state index contributed by atoms with van der Waals surface area (Å²) in [6.45, 7) is 5.60. The molecule has 6 nitrogen and oxygen atoms in total. The average Bonchev–Trinajstić information content (AvgIpc) is 3.16. The van der Waals surface area contributed by atoms with Crippen LogP contribution in [0.15, 0.2) is 4.52 Å². The van der Waals surface area contributed by atoms with Gasteiger partial charge < -0.3 is 9.84 Å². The van der Waals surface area contributed by atoms with Gasteiger partial charge in [-0.1, -0.05) is 5.16 Å². The Morgan fingerprint density at radius 2 is 2.25 bits per heavy atom. The fourth-order valence-electron chi connectivity index (χ4n) is 2.75. The Labute approximate surface area is 118 Å². The van der Waals surface area contributed by atoms with E-state index in [2.05, 4.69) is 20.4 Å². The zero-order valence-electron chi connectivity index (χ0n) is 12.1. The molecule has 0 radical (unpaired) electrons. The maximum absolute atomic E-state index is 12.1. The van der Waals surface area contributed by atoms with Gasteiger partial charge in [0.25, 0.3) is 0 Å². The molecule has 0 spiro atoms. The quantitative estimate of drug-likeness (QED) is 0.896. The third kappa shape index (κ3) is 3.00. The zero-order chi connectivity index (χ0) is 14.1. The number of hydrogen-bond donors (Lipinski definition) is 1. The minimum atomic E-state index is -0.0811. The normalized spacial score (nSPS) is 25.4. The Morgan fingerprint density at radius 1 is 1.45 bits per heavy atom. The number of hydrogen-bond acceptors (Lipinski definition) is 5. The lowest BCUT2D eigenvalue weighted by molar-refractivity contribution is -0.126. The minimum absolute atomic E-state index is 0.0811. The Morgan fingerprint density at radius 3 is 2.90 bits per heavy atom. The second kappa shape index (κ2) is 5.52. The van der Waals surface area contributed by atoms with E-state index in [-0.39, 0.29) is 17.9 Å². The highest BCUT2D eigenvalue weighted by atomic mass is 16.5. The van der Waals surface area contributed by atoms with Crippen LogP contribution >= 0.6 is 0 Å². The number of rotatable bonds is 4. The standard InChI is InChI=1S/C14H22N4O2/c1-9(13(19)16-12-5-6-12)18-7-3-4-11(8-18)14-15-10(2)17-20-14/h9,11-12H,3-8H2,1-2H3,(H,16,19). The summed E-state index contributed by atoms with van der Waals surface area (Å²) >= 11 is 0. The summed E-state index contributed by atoms with van der Waals surface area (Å²) in [6.07, 6.45) is 4.37. The lowest BCUT2D eigenvalue weighted by atomic mass is 9.96. The number of aryl methyl sites for hydroxylation is 1. The molecule has 20 heavy (non-hydrogen) atoms. The van der Waals surface area contributed by atoms with Crippen molar-refractivity contribution in [1.82, 2.24) is 20.4 Å². The maximum Gasteiger partial charge on any atom is 0.237 e. The Kier molecular flexibility index (Phi) is 3.74. The first kappa shape index (κ1) is 13.5. The van der Waals surface area contributed by atoms with Crippen molar-refractivity contribution in [2.24, 2.45) is 0 Å². The van der Waals surface area contributed by atoms with Crippen LogP contribution in [0, 0.1) is 6.92 Å². The van der Waals surface area contributed by atoms with Gasteiger partial charge in [-0.3, -0.25) is 9.69 Å². The summed E-state index contributed by atoms with van der Waals surface area (Å²) in [7, 11) is 0. The van der Waals surface area contributed by atoms with E-state index in [1.54, 1.807) is 0 Å². The van der Waals surface area contributed by atoms with Crippen molar-refractivity contribution in [3.63, 3.8) is 0 Å². The number of nitrogens with one attached hydrogen (secondary N) is 1. The van der Waals surface area contributed by atoms with E-state index in [4.69, 9.17) is 4.52 Å². The van der Waals surface area contributed by atoms with Crippen molar-refractivity contribution in [2.75, 3.05) is 13.1 Å². The van der Waals surface area contributed by atoms with Crippen molar-refractivity contribution < 1.29 is 9.32 Å². The van der Waals surface area contributed by atoms with Gasteiger partial charge in [0.15, 0.2) is 5.82 Å². The summed E-state index contributed by atoms with van der Waals surface area (Å²) < 4.78 is 5.28. The molecule has 1 aromatic heterocycles. The van der Waals surface area contributed by atoms with Gasteiger partial charge in [0.1, 0.15) is 0 Å². The van der Waals surface area contributed by atoms with Gasteiger partial charge in [0, 0.05) is 12.6 Å². The molecule has 1 aliphatic carbocycles. The molecule has 1 N–H and O–H groups in total. The molecule has 1 amide bonds. The topological polar surface area (TPSA) is 71.3 Å². The molecule has 1 saturated carbocycles. The van der Waals surface area contributed by atoms with E-state index in [0.29, 0.717) is 17.8 Å². The van der Waals surface area contributed by atoms with Crippen LogP contribution in [0.1, 0.15) is 50.2 Å². The molecule has 1 aromatic rings. The van der Waals surface area contributed by atoms with Gasteiger partial charge in [-0.25, -0.2) is 0 Å². The molecule has 2 heterocycles. The van der Waals surface area contributed by atoms with E-state index < -0.39 is 0 Å². The Balaban J connectivity index is 1.60. The number of nitrogens with zero attached hydrogens (tertiary/aromatic N) is 3. The molecule has 2 aliphatic rings. The van der Waals surface area contributed by atoms with Crippen molar-refractivity contribution in [3.05, 3.63) is 11.7 Å². The number of piperidine rings is 1. The molecule has 6 heteroatoms. The van der Waals surface area contributed by atoms with Crippen molar-refractivity contribution in [3.8, 4) is 0 Å². The number of amides is 1. The maximum atomic E-state index is 12.1. The first-order valence-corrected chi connectivity index (χ1v) is 7.48. The second-order valence-corrected chi connectivity index (χ2v) is 5.97. The Hall–Kier alpha value is -1.43. The van der Waals surface area contributed by atoms with Crippen LogP contribution in [0.3, 0.4) is 0 Å². The highest BCUT2D eigenvalue weighted by molar-refractivity contribution is 5.81. The monoisotopic (exact) mass is 278 g/mol. The fraction of sp³-hybridized carbons (Fsp3) is 0.786. The van der Waals surface area contributed by atoms with Crippen LogP contribution in [0.25, 0.3) is 0 Å². The predicted octanol–water partition coefficient (Wildman–Crippen LogP) is 1.22. The highest BCUT2D eigenvalue weighted by Crippen LogP contribution is 2.27. The number of likely N-dealkylation sites (tertiary alicyclic amines) is 1. The lowest BCUT2D eigenvalue weighted by Gasteiger charge is -2.34. The largest absolute Gasteiger partial charge is 0.352 e. The van der Waals surface area contributed by atoms with E-state index in [0.717, 1.165) is 38.8 Å². The molecule has 1 aliphatic heterocycles. The first-order chi connectivity index (χ1) is 9.63. The van der Waals surface area contributed by atoms with Gasteiger partial charge in [0.2, 0.25) is 11.8 Å². The summed E-state index contributed by atoms with van der Waals surface area (Å²) in [6, 6.07) is 0.339. The van der Waals surface area contributed by atoms with Crippen molar-refractivity contribution in [2.45, 2.75) is 57.5 Å². The molecule has 1 saturated heterocycles. The van der Waals surface area contributed by atoms with Crippen molar-refractivity contribution in [1.29, 1.82) is 0 Å². The van der Waals surface area contributed by atoms with E-state index in [1.807, 2.05) is 13.8 Å². The molecule has 2 atom stereocenters. The smallest absolute Gasteiger partial charge is 0.237 e. The third-order valence-corrected chi connectivity index (χ3v) is 4.20. The van der Waals surface area contributed by atoms with Crippen LogP contribution in [0.5, 0.6) is 0 Å². The van der Waals surface area contributed by atoms with E-state index in [9.17, 15) is 4.79 Å². The van der Waals surface area contributed by atoms with Crippen LogP contribution in [0.4, 0.5) is 0 Å². The Bertz CT molecular complexity index is 483. The summed E-state index contributed by atoms with van der Waals surface area (Å²) in [5.41, 5.74) is 0. The van der Waals surface area contributed by atoms with Gasteiger partial charge in [0.05, 0.1) is 12.0 Å². The minimum Gasteiger partial charge on any atom is -0.352 e. The number of carbonyl (C=O) groups excluding carboxylic acids is 1. The summed E-state index contributed by atoms with van der Waals surface area (Å²) in [5, 5.41) is 6.94. The third-order valence-electron chi connectivity index (χ3n) is 4.20. The zero-order valence-corrected chi connectivity index (χ0v) is 12.1. The van der Waals surface area contributed by atoms with Crippen molar-refractivity contribution >= 4 is 5.91 Å². The molecule has 110 valence electrons. The van der Waals surface area contributed by atoms with Crippen LogP contribution in [0.2, 0.25) is 0 Å². The van der Waals surface area contributed by atoms with Gasteiger partial charge >= 0.3 is 0 Å². The average molecular weight is 278 g/mol. The molecular weight excluding hydrogens is 256 g/mol. The second-order valence-electron chi connectivity index (χ2n) is 5.97. The first-order valence-electron chi connectivity index (χ1n) is 7.48. The highest BCUT2D eigenvalue weighted by Gasteiger charge is 2.32. The fourth-order valence-corrected chi connectivity index (χ4v) is 2.75. The van der Waals surface area contributed by atoms with Gasteiger partial charge in [-0.2, -0.15) is 4.98 Å². The SMILES string of the molecule is Cc1noc(C2CCCN(C(C)C(=O)NC3CC3)C2)n1. The molecule has 3 rings (SSSR count). The predicted molar refractivity (Wildman–Crippen MR) is 73.2 cm³/mol. The van der Waals surface area contributed by atoms with Crippen LogP contribution in [-0.4, -0.2) is 46.1 Å². The van der Waals surface area contributed by atoms with Crippen LogP contribution < -0.4 is 5.32 Å². The molecule has 0 bridgehead atoms. The van der Waals surface area contributed by atoms with Gasteiger partial charge in [-0.05, 0) is 46.1 Å². The molecule has 0 aromatic carbocycles. The van der Waals surface area contributed by atoms with E-state index in [1.165, 1.54) is 0 Å². The molecular formula is C14H22N4O2. The number of carbonyl (C=O) groups is 1. The molecule has 2 fully saturated rings. The molecule has 2 unspecified atom stereocenters. The summed E-state index contributed by atoms with van der Waals surface area (Å²) in [5.74, 6) is 1.79. The lowest BCUT2D eigenvalue weighted by Crippen LogP contribution is -2.49. The van der Waals surface area contributed by atoms with Crippen LogP contribution in [-0.2, 0) is 4.79 Å².